The van der Waals surface area contributed by atoms with Gasteiger partial charge in [-0.05, 0) is 43.4 Å². The third kappa shape index (κ3) is 1.78. The maximum atomic E-state index is 9.92. The van der Waals surface area contributed by atoms with Crippen molar-refractivity contribution in [3.05, 3.63) is 23.8 Å². The molecular formula is C14H20N2O. The summed E-state index contributed by atoms with van der Waals surface area (Å²) in [6.45, 7) is 4.07. The van der Waals surface area contributed by atoms with Crippen molar-refractivity contribution in [2.75, 3.05) is 23.7 Å². The zero-order valence-corrected chi connectivity index (χ0v) is 10.3. The summed E-state index contributed by atoms with van der Waals surface area (Å²) >= 11 is 0. The van der Waals surface area contributed by atoms with E-state index in [4.69, 9.17) is 5.73 Å². The Morgan fingerprint density at radius 1 is 1.29 bits per heavy atom. The number of aliphatic hydroxyl groups is 1. The Bertz CT molecular complexity index is 432. The summed E-state index contributed by atoms with van der Waals surface area (Å²) in [5.74, 6) is 1.11. The molecule has 1 aliphatic carbocycles. The fourth-order valence-corrected chi connectivity index (χ4v) is 3.40. The Hall–Kier alpha value is -1.22. The third-order valence-corrected chi connectivity index (χ3v) is 4.34. The maximum absolute atomic E-state index is 9.92. The molecule has 0 amide bonds. The van der Waals surface area contributed by atoms with E-state index in [-0.39, 0.29) is 6.10 Å². The van der Waals surface area contributed by atoms with Gasteiger partial charge in [-0.1, -0.05) is 6.07 Å². The van der Waals surface area contributed by atoms with E-state index in [1.165, 1.54) is 5.56 Å². The number of aliphatic hydroxyl groups excluding tert-OH is 1. The molecule has 17 heavy (non-hydrogen) atoms. The number of rotatable bonds is 1. The Morgan fingerprint density at radius 2 is 2.12 bits per heavy atom. The number of nitrogens with two attached hydrogens (primary N) is 1. The van der Waals surface area contributed by atoms with Crippen molar-refractivity contribution in [2.45, 2.75) is 25.9 Å². The van der Waals surface area contributed by atoms with Gasteiger partial charge in [0.05, 0.1) is 17.5 Å². The maximum Gasteiger partial charge on any atom is 0.0600 e. The number of nitrogen functional groups attached to an aromatic ring is 1. The van der Waals surface area contributed by atoms with Crippen molar-refractivity contribution < 1.29 is 5.11 Å². The Labute approximate surface area is 102 Å². The van der Waals surface area contributed by atoms with Gasteiger partial charge in [0.25, 0.3) is 0 Å². The van der Waals surface area contributed by atoms with Crippen LogP contribution in [-0.2, 0) is 0 Å². The minimum absolute atomic E-state index is 0.100. The smallest absolute Gasteiger partial charge is 0.0600 e. The van der Waals surface area contributed by atoms with E-state index in [2.05, 4.69) is 24.0 Å². The highest BCUT2D eigenvalue weighted by atomic mass is 16.3. The van der Waals surface area contributed by atoms with E-state index in [0.29, 0.717) is 11.8 Å². The molecule has 1 saturated carbocycles. The van der Waals surface area contributed by atoms with Crippen molar-refractivity contribution >= 4 is 11.4 Å². The SMILES string of the molecule is Cc1ccc(N2CC3CCC(O)C3C2)c(N)c1. The normalized spacial score (nSPS) is 31.9. The van der Waals surface area contributed by atoms with Gasteiger partial charge in [-0.15, -0.1) is 0 Å². The van der Waals surface area contributed by atoms with Crippen LogP contribution in [0.4, 0.5) is 11.4 Å². The molecule has 1 aromatic rings. The number of hydrogen-bond acceptors (Lipinski definition) is 3. The van der Waals surface area contributed by atoms with Crippen molar-refractivity contribution in [3.8, 4) is 0 Å². The molecule has 3 N–H and O–H groups in total. The summed E-state index contributed by atoms with van der Waals surface area (Å²) in [7, 11) is 0. The van der Waals surface area contributed by atoms with Crippen molar-refractivity contribution in [2.24, 2.45) is 11.8 Å². The molecule has 0 aromatic heterocycles. The summed E-state index contributed by atoms with van der Waals surface area (Å²) in [6, 6.07) is 6.24. The lowest BCUT2D eigenvalue weighted by molar-refractivity contribution is 0.133. The molecule has 3 atom stereocenters. The second-order valence-corrected chi connectivity index (χ2v) is 5.54. The van der Waals surface area contributed by atoms with Crippen LogP contribution in [0, 0.1) is 18.8 Å². The van der Waals surface area contributed by atoms with E-state index in [0.717, 1.165) is 37.3 Å². The van der Waals surface area contributed by atoms with Crippen LogP contribution in [0.3, 0.4) is 0 Å². The van der Waals surface area contributed by atoms with Gasteiger partial charge in [0.1, 0.15) is 0 Å². The summed E-state index contributed by atoms with van der Waals surface area (Å²) in [5, 5.41) is 9.92. The Kier molecular flexibility index (Phi) is 2.51. The van der Waals surface area contributed by atoms with Gasteiger partial charge in [0.2, 0.25) is 0 Å². The van der Waals surface area contributed by atoms with E-state index in [9.17, 15) is 5.11 Å². The minimum Gasteiger partial charge on any atom is -0.397 e. The molecule has 1 saturated heterocycles. The first-order valence-electron chi connectivity index (χ1n) is 6.44. The van der Waals surface area contributed by atoms with Crippen LogP contribution in [0.15, 0.2) is 18.2 Å². The molecule has 3 rings (SSSR count). The summed E-state index contributed by atoms with van der Waals surface area (Å²) < 4.78 is 0. The average Bonchev–Trinajstić information content (AvgIpc) is 2.81. The number of fused-ring (bicyclic) bond motifs is 1. The van der Waals surface area contributed by atoms with Gasteiger partial charge in [0.15, 0.2) is 0 Å². The molecule has 1 aliphatic heterocycles. The van der Waals surface area contributed by atoms with Crippen molar-refractivity contribution in [3.63, 3.8) is 0 Å². The Morgan fingerprint density at radius 3 is 2.82 bits per heavy atom. The number of aryl methyl sites for hydroxylation is 1. The van der Waals surface area contributed by atoms with E-state index in [1.54, 1.807) is 0 Å². The fraction of sp³-hybridized carbons (Fsp3) is 0.571. The largest absolute Gasteiger partial charge is 0.397 e. The molecule has 3 heteroatoms. The predicted molar refractivity (Wildman–Crippen MR) is 70.0 cm³/mol. The minimum atomic E-state index is -0.100. The molecular weight excluding hydrogens is 212 g/mol. The number of hydrogen-bond donors (Lipinski definition) is 2. The molecule has 0 spiro atoms. The van der Waals surface area contributed by atoms with Crippen LogP contribution in [0.25, 0.3) is 0 Å². The quantitative estimate of drug-likeness (QED) is 0.726. The molecule has 2 fully saturated rings. The van der Waals surface area contributed by atoms with E-state index < -0.39 is 0 Å². The predicted octanol–water partition coefficient (Wildman–Crippen LogP) is 1.78. The van der Waals surface area contributed by atoms with Gasteiger partial charge >= 0.3 is 0 Å². The topological polar surface area (TPSA) is 49.5 Å². The van der Waals surface area contributed by atoms with E-state index in [1.807, 2.05) is 6.07 Å². The molecule has 1 aromatic carbocycles. The van der Waals surface area contributed by atoms with Gasteiger partial charge < -0.3 is 15.7 Å². The van der Waals surface area contributed by atoms with Crippen LogP contribution in [0.1, 0.15) is 18.4 Å². The summed E-state index contributed by atoms with van der Waals surface area (Å²) in [5.41, 5.74) is 9.28. The number of anilines is 2. The highest BCUT2D eigenvalue weighted by Gasteiger charge is 2.42. The number of nitrogens with zero attached hydrogens (tertiary/aromatic N) is 1. The van der Waals surface area contributed by atoms with Gasteiger partial charge in [-0.25, -0.2) is 0 Å². The van der Waals surface area contributed by atoms with Gasteiger partial charge in [0, 0.05) is 19.0 Å². The molecule has 3 unspecified atom stereocenters. The van der Waals surface area contributed by atoms with Gasteiger partial charge in [-0.2, -0.15) is 0 Å². The second kappa shape index (κ2) is 3.91. The molecule has 1 heterocycles. The fourth-order valence-electron chi connectivity index (χ4n) is 3.40. The summed E-state index contributed by atoms with van der Waals surface area (Å²) in [4.78, 5) is 2.34. The van der Waals surface area contributed by atoms with Crippen LogP contribution in [-0.4, -0.2) is 24.3 Å². The first-order chi connectivity index (χ1) is 8.15. The second-order valence-electron chi connectivity index (χ2n) is 5.54. The van der Waals surface area contributed by atoms with Crippen molar-refractivity contribution in [1.29, 1.82) is 0 Å². The third-order valence-electron chi connectivity index (χ3n) is 4.34. The van der Waals surface area contributed by atoms with Crippen LogP contribution < -0.4 is 10.6 Å². The number of benzene rings is 1. The first-order valence-corrected chi connectivity index (χ1v) is 6.44. The average molecular weight is 232 g/mol. The molecule has 92 valence electrons. The van der Waals surface area contributed by atoms with Crippen molar-refractivity contribution in [1.82, 2.24) is 0 Å². The lowest BCUT2D eigenvalue weighted by Gasteiger charge is -2.22. The molecule has 0 radical (unpaired) electrons. The van der Waals surface area contributed by atoms with Crippen LogP contribution in [0.2, 0.25) is 0 Å². The summed E-state index contributed by atoms with van der Waals surface area (Å²) in [6.07, 6.45) is 2.04. The monoisotopic (exact) mass is 232 g/mol. The molecule has 3 nitrogen and oxygen atoms in total. The first kappa shape index (κ1) is 10.9. The standard InChI is InChI=1S/C14H20N2O/c1-9-2-4-13(12(15)6-9)16-7-10-3-5-14(17)11(10)8-16/h2,4,6,10-11,14,17H,3,5,7-8,15H2,1H3. The van der Waals surface area contributed by atoms with E-state index >= 15 is 0 Å². The lowest BCUT2D eigenvalue weighted by Crippen LogP contribution is -2.25. The zero-order chi connectivity index (χ0) is 12.0. The lowest BCUT2D eigenvalue weighted by atomic mass is 10.00. The molecule has 2 aliphatic rings. The Balaban J connectivity index is 1.83. The molecule has 0 bridgehead atoms. The zero-order valence-electron chi connectivity index (χ0n) is 10.3. The highest BCUT2D eigenvalue weighted by molar-refractivity contribution is 5.69. The van der Waals surface area contributed by atoms with Crippen LogP contribution >= 0.6 is 0 Å². The van der Waals surface area contributed by atoms with Gasteiger partial charge in [-0.3, -0.25) is 0 Å². The van der Waals surface area contributed by atoms with Crippen LogP contribution in [0.5, 0.6) is 0 Å². The highest BCUT2D eigenvalue weighted by Crippen LogP contribution is 2.41.